The molecule has 0 saturated heterocycles. The fourth-order valence-electron chi connectivity index (χ4n) is 2.44. The van der Waals surface area contributed by atoms with Gasteiger partial charge in [0.2, 0.25) is 0 Å². The zero-order valence-electron chi connectivity index (χ0n) is 11.4. The van der Waals surface area contributed by atoms with Gasteiger partial charge in [-0.2, -0.15) is 0 Å². The summed E-state index contributed by atoms with van der Waals surface area (Å²) in [6.07, 6.45) is 0. The van der Waals surface area contributed by atoms with Crippen LogP contribution in [0.15, 0.2) is 60.7 Å². The van der Waals surface area contributed by atoms with Gasteiger partial charge >= 0.3 is 0 Å². The molecule has 3 aromatic rings. The van der Waals surface area contributed by atoms with Crippen LogP contribution < -0.4 is 5.32 Å². The van der Waals surface area contributed by atoms with Gasteiger partial charge < -0.3 is 5.32 Å². The maximum Gasteiger partial charge on any atom is 0.0595 e. The Morgan fingerprint density at radius 3 is 2.43 bits per heavy atom. The van der Waals surface area contributed by atoms with Crippen molar-refractivity contribution in [2.24, 2.45) is 0 Å². The van der Waals surface area contributed by atoms with Gasteiger partial charge in [0.1, 0.15) is 0 Å². The number of halogens is 2. The number of hydrogen-bond acceptors (Lipinski definition) is 1. The number of rotatable bonds is 4. The van der Waals surface area contributed by atoms with Crippen molar-refractivity contribution >= 4 is 34.0 Å². The maximum atomic E-state index is 6.03. The molecule has 3 heteroatoms. The smallest absolute Gasteiger partial charge is 0.0595 e. The molecule has 3 aromatic carbocycles. The summed E-state index contributed by atoms with van der Waals surface area (Å²) in [5.74, 6) is 0. The van der Waals surface area contributed by atoms with E-state index in [1.807, 2.05) is 18.2 Å². The Morgan fingerprint density at radius 1 is 0.762 bits per heavy atom. The fourth-order valence-corrected chi connectivity index (χ4v) is 2.76. The summed E-state index contributed by atoms with van der Waals surface area (Å²) < 4.78 is 0. The van der Waals surface area contributed by atoms with Gasteiger partial charge in [-0.3, -0.25) is 0 Å². The zero-order chi connectivity index (χ0) is 14.7. The molecule has 0 spiro atoms. The monoisotopic (exact) mass is 315 g/mol. The molecule has 0 heterocycles. The highest BCUT2D eigenvalue weighted by atomic mass is 35.5. The lowest BCUT2D eigenvalue weighted by atomic mass is 10.0. The lowest BCUT2D eigenvalue weighted by Gasteiger charge is -2.09. The van der Waals surface area contributed by atoms with Crippen LogP contribution in [0.2, 0.25) is 10.0 Å². The molecule has 0 aliphatic carbocycles. The van der Waals surface area contributed by atoms with E-state index in [-0.39, 0.29) is 0 Å². The molecule has 3 rings (SSSR count). The standard InChI is InChI=1S/C18H15Cl2N/c19-17-9-8-13(10-18(17)20)11-21-12-15-6-3-5-14-4-1-2-7-16(14)15/h1-10,21H,11-12H2. The largest absolute Gasteiger partial charge is 0.309 e. The van der Waals surface area contributed by atoms with Crippen LogP contribution in [0.3, 0.4) is 0 Å². The Morgan fingerprint density at radius 2 is 1.57 bits per heavy atom. The second kappa shape index (κ2) is 6.48. The van der Waals surface area contributed by atoms with E-state index >= 15 is 0 Å². The van der Waals surface area contributed by atoms with Crippen molar-refractivity contribution in [2.75, 3.05) is 0 Å². The Bertz CT molecular complexity index is 763. The average molecular weight is 316 g/mol. The topological polar surface area (TPSA) is 12.0 Å². The normalized spacial score (nSPS) is 11.0. The number of fused-ring (bicyclic) bond motifs is 1. The summed E-state index contributed by atoms with van der Waals surface area (Å²) in [6.45, 7) is 1.59. The van der Waals surface area contributed by atoms with Crippen molar-refractivity contribution in [3.05, 3.63) is 81.8 Å². The van der Waals surface area contributed by atoms with Crippen molar-refractivity contribution in [1.82, 2.24) is 5.32 Å². The third-order valence-corrected chi connectivity index (χ3v) is 4.25. The Hall–Kier alpha value is -1.54. The van der Waals surface area contributed by atoms with Crippen LogP contribution >= 0.6 is 23.2 Å². The highest BCUT2D eigenvalue weighted by Crippen LogP contribution is 2.23. The van der Waals surface area contributed by atoms with Gasteiger partial charge in [0.05, 0.1) is 10.0 Å². The van der Waals surface area contributed by atoms with Gasteiger partial charge in [0.25, 0.3) is 0 Å². The molecule has 106 valence electrons. The van der Waals surface area contributed by atoms with E-state index in [2.05, 4.69) is 47.8 Å². The van der Waals surface area contributed by atoms with Crippen LogP contribution in [0.4, 0.5) is 0 Å². The van der Waals surface area contributed by atoms with Crippen LogP contribution in [0, 0.1) is 0 Å². The first-order chi connectivity index (χ1) is 10.2. The van der Waals surface area contributed by atoms with E-state index < -0.39 is 0 Å². The zero-order valence-corrected chi connectivity index (χ0v) is 13.0. The first-order valence-electron chi connectivity index (χ1n) is 6.85. The quantitative estimate of drug-likeness (QED) is 0.676. The molecule has 0 aliphatic heterocycles. The Balaban J connectivity index is 1.70. The molecule has 0 aliphatic rings. The molecule has 0 saturated carbocycles. The first-order valence-corrected chi connectivity index (χ1v) is 7.61. The summed E-state index contributed by atoms with van der Waals surface area (Å²) in [5.41, 5.74) is 2.43. The summed E-state index contributed by atoms with van der Waals surface area (Å²) in [5, 5.41) is 7.21. The predicted octanol–water partition coefficient (Wildman–Crippen LogP) is 5.44. The van der Waals surface area contributed by atoms with Crippen LogP contribution in [0.5, 0.6) is 0 Å². The maximum absolute atomic E-state index is 6.03. The van der Waals surface area contributed by atoms with E-state index in [0.717, 1.165) is 18.7 Å². The summed E-state index contributed by atoms with van der Waals surface area (Å²) in [6, 6.07) is 20.5. The van der Waals surface area contributed by atoms with E-state index in [9.17, 15) is 0 Å². The van der Waals surface area contributed by atoms with Crippen molar-refractivity contribution in [1.29, 1.82) is 0 Å². The second-order valence-corrected chi connectivity index (χ2v) is 5.80. The van der Waals surface area contributed by atoms with Gasteiger partial charge in [-0.15, -0.1) is 0 Å². The van der Waals surface area contributed by atoms with Gasteiger partial charge in [0, 0.05) is 13.1 Å². The van der Waals surface area contributed by atoms with E-state index in [1.165, 1.54) is 16.3 Å². The summed E-state index contributed by atoms with van der Waals surface area (Å²) in [4.78, 5) is 0. The second-order valence-electron chi connectivity index (χ2n) is 4.99. The molecule has 0 aromatic heterocycles. The number of hydrogen-bond donors (Lipinski definition) is 1. The van der Waals surface area contributed by atoms with Gasteiger partial charge in [-0.1, -0.05) is 71.7 Å². The van der Waals surface area contributed by atoms with Gasteiger partial charge in [0.15, 0.2) is 0 Å². The third kappa shape index (κ3) is 3.38. The molecule has 1 N–H and O–H groups in total. The highest BCUT2D eigenvalue weighted by molar-refractivity contribution is 6.42. The average Bonchev–Trinajstić information content (AvgIpc) is 2.51. The SMILES string of the molecule is Clc1ccc(CNCc2cccc3ccccc23)cc1Cl. The van der Waals surface area contributed by atoms with Crippen molar-refractivity contribution in [3.8, 4) is 0 Å². The van der Waals surface area contributed by atoms with E-state index in [1.54, 1.807) is 0 Å². The summed E-state index contributed by atoms with van der Waals surface area (Å²) in [7, 11) is 0. The molecule has 0 unspecified atom stereocenters. The van der Waals surface area contributed by atoms with Crippen LogP contribution in [-0.2, 0) is 13.1 Å². The first kappa shape index (κ1) is 14.4. The predicted molar refractivity (Wildman–Crippen MR) is 91.0 cm³/mol. The highest BCUT2D eigenvalue weighted by Gasteiger charge is 2.02. The molecule has 0 amide bonds. The minimum atomic E-state index is 0.592. The lowest BCUT2D eigenvalue weighted by Crippen LogP contribution is -2.12. The fraction of sp³-hybridized carbons (Fsp3) is 0.111. The van der Waals surface area contributed by atoms with Crippen LogP contribution in [0.1, 0.15) is 11.1 Å². The minimum absolute atomic E-state index is 0.592. The Kier molecular flexibility index (Phi) is 4.45. The van der Waals surface area contributed by atoms with E-state index in [0.29, 0.717) is 10.0 Å². The van der Waals surface area contributed by atoms with Gasteiger partial charge in [-0.25, -0.2) is 0 Å². The third-order valence-electron chi connectivity index (χ3n) is 3.51. The molecule has 0 atom stereocenters. The van der Waals surface area contributed by atoms with Crippen molar-refractivity contribution in [3.63, 3.8) is 0 Å². The molecular weight excluding hydrogens is 301 g/mol. The summed E-state index contributed by atoms with van der Waals surface area (Å²) >= 11 is 12.0. The molecule has 21 heavy (non-hydrogen) atoms. The molecule has 1 nitrogen and oxygen atoms in total. The minimum Gasteiger partial charge on any atom is -0.309 e. The molecule has 0 radical (unpaired) electrons. The molecular formula is C18H15Cl2N. The lowest BCUT2D eigenvalue weighted by molar-refractivity contribution is 0.696. The van der Waals surface area contributed by atoms with Crippen molar-refractivity contribution < 1.29 is 0 Å². The van der Waals surface area contributed by atoms with Crippen LogP contribution in [-0.4, -0.2) is 0 Å². The molecule has 0 fully saturated rings. The number of benzene rings is 3. The van der Waals surface area contributed by atoms with Crippen LogP contribution in [0.25, 0.3) is 10.8 Å². The molecule has 0 bridgehead atoms. The van der Waals surface area contributed by atoms with E-state index in [4.69, 9.17) is 23.2 Å². The van der Waals surface area contributed by atoms with Gasteiger partial charge in [-0.05, 0) is 34.0 Å². The Labute approximate surface area is 134 Å². The van der Waals surface area contributed by atoms with Crippen molar-refractivity contribution in [2.45, 2.75) is 13.1 Å². The number of nitrogens with one attached hydrogen (secondary N) is 1.